The smallest absolute Gasteiger partial charge is 0.417 e. The van der Waals surface area contributed by atoms with Crippen molar-refractivity contribution >= 4 is 17.5 Å². The van der Waals surface area contributed by atoms with Crippen LogP contribution in [0.3, 0.4) is 0 Å². The van der Waals surface area contributed by atoms with Crippen LogP contribution < -0.4 is 11.1 Å². The minimum atomic E-state index is -4.82. The normalized spacial score (nSPS) is 30.0. The number of phenolic OH excluding ortho intramolecular Hbond substituents is 1. The number of alkyl halides is 3. The highest BCUT2D eigenvalue weighted by Crippen LogP contribution is 2.54. The number of benzene rings is 1. The number of likely N-dealkylation sites (N-methyl/N-ethyl adjacent to an activating group) is 1. The van der Waals surface area contributed by atoms with Gasteiger partial charge >= 0.3 is 6.18 Å². The van der Waals surface area contributed by atoms with E-state index in [0.29, 0.717) is 25.9 Å². The van der Waals surface area contributed by atoms with Crippen LogP contribution in [0, 0.1) is 17.8 Å². The van der Waals surface area contributed by atoms with E-state index in [-0.39, 0.29) is 35.6 Å². The molecule has 2 unspecified atom stereocenters. The first-order valence-corrected chi connectivity index (χ1v) is 14.1. The van der Waals surface area contributed by atoms with Crippen LogP contribution in [0.5, 0.6) is 5.75 Å². The molecule has 41 heavy (non-hydrogen) atoms. The number of rotatable bonds is 5. The molecule has 6 N–H and O–H groups in total. The molecule has 5 aliphatic rings. The highest BCUT2D eigenvalue weighted by atomic mass is 19.4. The Hall–Kier alpha value is -3.38. The number of Topliss-reactive ketones (excluding diaryl/α,β-unsaturated/α-hetero) is 2. The lowest BCUT2D eigenvalue weighted by molar-refractivity contribution is -0.139. The largest absolute Gasteiger partial charge is 0.511 e. The first-order valence-electron chi connectivity index (χ1n) is 14.1. The van der Waals surface area contributed by atoms with Crippen molar-refractivity contribution in [1.82, 2.24) is 10.2 Å². The highest BCUT2D eigenvalue weighted by Gasteiger charge is 2.57. The molecule has 12 heteroatoms. The first kappa shape index (κ1) is 27.8. The molecule has 1 aromatic carbocycles. The summed E-state index contributed by atoms with van der Waals surface area (Å²) in [7, 11) is 0. The molecule has 0 radical (unpaired) electrons. The number of phenols is 1. The molecule has 1 saturated carbocycles. The van der Waals surface area contributed by atoms with Crippen molar-refractivity contribution < 1.29 is 42.9 Å². The Balaban J connectivity index is 1.52. The summed E-state index contributed by atoms with van der Waals surface area (Å²) in [6, 6.07) is -0.478. The fourth-order valence-corrected chi connectivity index (χ4v) is 7.79. The summed E-state index contributed by atoms with van der Waals surface area (Å²) in [5.74, 6) is -7.90. The first-order chi connectivity index (χ1) is 19.4. The zero-order chi connectivity index (χ0) is 29.5. The van der Waals surface area contributed by atoms with Crippen LogP contribution in [0.15, 0.2) is 28.7 Å². The third-order valence-corrected chi connectivity index (χ3v) is 9.50. The quantitative estimate of drug-likeness (QED) is 0.335. The van der Waals surface area contributed by atoms with E-state index >= 15 is 0 Å². The Kier molecular flexibility index (Phi) is 6.49. The number of fused-ring (bicyclic) bond motifs is 3. The van der Waals surface area contributed by atoms with Gasteiger partial charge < -0.3 is 26.4 Å². The van der Waals surface area contributed by atoms with Crippen molar-refractivity contribution in [2.24, 2.45) is 23.5 Å². The number of ketones is 2. The summed E-state index contributed by atoms with van der Waals surface area (Å²) in [6.45, 7) is 2.82. The molecule has 1 amide bonds. The van der Waals surface area contributed by atoms with E-state index in [1.807, 2.05) is 11.8 Å². The topological polar surface area (TPSA) is 153 Å². The fourth-order valence-electron chi connectivity index (χ4n) is 7.79. The minimum absolute atomic E-state index is 0.00886. The molecular formula is C29H32F3N3O6. The summed E-state index contributed by atoms with van der Waals surface area (Å²) >= 11 is 0. The fraction of sp³-hybridized carbons (Fsp3) is 0.552. The number of allylic oxidation sites excluding steroid dienone is 2. The average Bonchev–Trinajstić information content (AvgIpc) is 3.56. The Labute approximate surface area is 233 Å². The van der Waals surface area contributed by atoms with Crippen molar-refractivity contribution in [3.8, 4) is 5.75 Å². The standard InChI is InChI=1S/C29H32F3N3O6/c1-2-35(12-5-6-12)23-15-9-11-8-14-19(17(36)10-13(16-4-3-7-34-16)22(14)29(30,31)32)24(37)18(11)25(38)20(15)26(39)21(27(23)40)28(33)41/h10-12,15-16,20,23,34,36,38,40H,2-9H2,1H3,(H2,33,41)/t11-,15+,16?,20?,23-/m0/s1. The number of aliphatic hydroxyl groups excluding tert-OH is 2. The van der Waals surface area contributed by atoms with Gasteiger partial charge in [-0.25, -0.2) is 0 Å². The van der Waals surface area contributed by atoms with Gasteiger partial charge in [0.15, 0.2) is 11.6 Å². The van der Waals surface area contributed by atoms with Crippen LogP contribution in [0.25, 0.3) is 0 Å². The molecule has 1 aromatic rings. The number of primary amides is 1. The van der Waals surface area contributed by atoms with Crippen molar-refractivity contribution in [3.63, 3.8) is 0 Å². The maximum Gasteiger partial charge on any atom is 0.417 e. The van der Waals surface area contributed by atoms with Crippen LogP contribution >= 0.6 is 0 Å². The van der Waals surface area contributed by atoms with Crippen LogP contribution in [-0.2, 0) is 22.2 Å². The number of carbonyl (C=O) groups is 3. The third-order valence-electron chi connectivity index (χ3n) is 9.50. The Morgan fingerprint density at radius 1 is 1.15 bits per heavy atom. The lowest BCUT2D eigenvalue weighted by Crippen LogP contribution is -2.55. The molecule has 1 saturated heterocycles. The van der Waals surface area contributed by atoms with Crippen LogP contribution in [0.2, 0.25) is 0 Å². The second-order valence-corrected chi connectivity index (χ2v) is 11.8. The van der Waals surface area contributed by atoms with Gasteiger partial charge in [-0.15, -0.1) is 0 Å². The Morgan fingerprint density at radius 3 is 2.41 bits per heavy atom. The van der Waals surface area contributed by atoms with E-state index in [9.17, 15) is 42.9 Å². The second-order valence-electron chi connectivity index (χ2n) is 11.8. The van der Waals surface area contributed by atoms with Crippen molar-refractivity contribution in [2.75, 3.05) is 13.1 Å². The summed E-state index contributed by atoms with van der Waals surface area (Å²) in [4.78, 5) is 41.5. The van der Waals surface area contributed by atoms with Gasteiger partial charge in [-0.2, -0.15) is 13.2 Å². The van der Waals surface area contributed by atoms with Crippen LogP contribution in [-0.4, -0.2) is 62.9 Å². The summed E-state index contributed by atoms with van der Waals surface area (Å²) < 4.78 is 43.9. The lowest BCUT2D eigenvalue weighted by Gasteiger charge is -2.47. The number of nitrogens with one attached hydrogen (secondary N) is 1. The lowest BCUT2D eigenvalue weighted by atomic mass is 9.60. The number of hydrogen-bond donors (Lipinski definition) is 5. The molecule has 1 heterocycles. The van der Waals surface area contributed by atoms with Gasteiger partial charge in [0.25, 0.3) is 5.91 Å². The molecule has 5 atom stereocenters. The predicted molar refractivity (Wildman–Crippen MR) is 139 cm³/mol. The Morgan fingerprint density at radius 2 is 1.85 bits per heavy atom. The molecule has 1 aliphatic heterocycles. The van der Waals surface area contributed by atoms with Crippen LogP contribution in [0.1, 0.15) is 72.1 Å². The van der Waals surface area contributed by atoms with Gasteiger partial charge in [-0.3, -0.25) is 19.3 Å². The Bertz CT molecular complexity index is 1420. The number of aliphatic hydroxyl groups is 2. The molecule has 0 aromatic heterocycles. The zero-order valence-corrected chi connectivity index (χ0v) is 22.4. The van der Waals surface area contributed by atoms with Crippen molar-refractivity contribution in [2.45, 2.75) is 69.8 Å². The third kappa shape index (κ3) is 4.17. The monoisotopic (exact) mass is 575 g/mol. The van der Waals surface area contributed by atoms with Crippen LogP contribution in [0.4, 0.5) is 13.2 Å². The number of nitrogens with zero attached hydrogens (tertiary/aromatic N) is 1. The number of halogens is 3. The number of hydrogen-bond acceptors (Lipinski definition) is 8. The molecule has 0 bridgehead atoms. The maximum absolute atomic E-state index is 14.6. The van der Waals surface area contributed by atoms with E-state index in [1.54, 1.807) is 0 Å². The zero-order valence-electron chi connectivity index (χ0n) is 22.4. The van der Waals surface area contributed by atoms with Crippen molar-refractivity contribution in [3.05, 3.63) is 51.0 Å². The molecule has 220 valence electrons. The van der Waals surface area contributed by atoms with Gasteiger partial charge in [0.1, 0.15) is 22.8 Å². The maximum atomic E-state index is 14.6. The summed E-state index contributed by atoms with van der Waals surface area (Å²) in [5, 5.41) is 36.6. The van der Waals surface area contributed by atoms with E-state index in [0.717, 1.165) is 18.9 Å². The predicted octanol–water partition coefficient (Wildman–Crippen LogP) is 3.37. The minimum Gasteiger partial charge on any atom is -0.511 e. The van der Waals surface area contributed by atoms with Gasteiger partial charge in [0.05, 0.1) is 23.1 Å². The SMILES string of the molecule is CCN(C1CC1)[C@@H]1C(O)=C(C(N)=O)C(=O)C2C(O)=C3C(=O)c4c(O)cc(C5CCCN5)c(C(F)(F)F)c4C[C@H]3C[C@H]21. The molecule has 4 aliphatic carbocycles. The molecule has 9 nitrogen and oxygen atoms in total. The average molecular weight is 576 g/mol. The van der Waals surface area contributed by atoms with Gasteiger partial charge in [0.2, 0.25) is 0 Å². The highest BCUT2D eigenvalue weighted by molar-refractivity contribution is 6.22. The van der Waals surface area contributed by atoms with Gasteiger partial charge in [-0.05, 0) is 80.6 Å². The van der Waals surface area contributed by atoms with Crippen molar-refractivity contribution in [1.29, 1.82) is 0 Å². The second kappa shape index (κ2) is 9.59. The summed E-state index contributed by atoms with van der Waals surface area (Å²) in [5.41, 5.74) is 2.67. The van der Waals surface area contributed by atoms with E-state index < -0.39 is 87.5 Å². The van der Waals surface area contributed by atoms with E-state index in [1.165, 1.54) is 0 Å². The van der Waals surface area contributed by atoms with E-state index in [2.05, 4.69) is 5.32 Å². The molecule has 6 rings (SSSR count). The number of carbonyl (C=O) groups excluding carboxylic acids is 3. The number of nitrogens with two attached hydrogens (primary N) is 1. The van der Waals surface area contributed by atoms with Gasteiger partial charge in [-0.1, -0.05) is 6.92 Å². The molecule has 0 spiro atoms. The van der Waals surface area contributed by atoms with E-state index in [4.69, 9.17) is 5.73 Å². The van der Waals surface area contributed by atoms with Gasteiger partial charge in [0, 0.05) is 17.7 Å². The number of aromatic hydroxyl groups is 1. The number of amides is 1. The summed E-state index contributed by atoms with van der Waals surface area (Å²) in [6.07, 6.45) is -2.35. The molecular weight excluding hydrogens is 543 g/mol. The molecule has 2 fully saturated rings.